The van der Waals surface area contributed by atoms with E-state index in [-0.39, 0.29) is 11.6 Å². The lowest BCUT2D eigenvalue weighted by Gasteiger charge is -2.49. The fraction of sp³-hybridized carbons (Fsp3) is 0.615. The second-order valence-electron chi connectivity index (χ2n) is 5.92. The Labute approximate surface area is 137 Å². The van der Waals surface area contributed by atoms with Gasteiger partial charge in [0.15, 0.2) is 0 Å². The Morgan fingerprint density at radius 1 is 1.50 bits per heavy atom. The van der Waals surface area contributed by atoms with E-state index in [1.54, 1.807) is 20.8 Å². The quantitative estimate of drug-likeness (QED) is 0.590. The van der Waals surface area contributed by atoms with Gasteiger partial charge in [0.05, 0.1) is 0 Å². The van der Waals surface area contributed by atoms with Crippen molar-refractivity contribution in [2.75, 3.05) is 11.6 Å². The Bertz CT molecular complexity index is 557. The predicted molar refractivity (Wildman–Crippen MR) is 81.6 cm³/mol. The Kier molecular flexibility index (Phi) is 4.62. The molecule has 0 aromatic heterocycles. The lowest BCUT2D eigenvalue weighted by molar-refractivity contribution is -0.149. The van der Waals surface area contributed by atoms with Crippen molar-refractivity contribution in [1.29, 1.82) is 0 Å². The summed E-state index contributed by atoms with van der Waals surface area (Å²) in [5.41, 5.74) is -0.251. The molecule has 0 aromatic rings. The summed E-state index contributed by atoms with van der Waals surface area (Å²) in [6, 6.07) is -0.786. The first kappa shape index (κ1) is 17.0. The summed E-state index contributed by atoms with van der Waals surface area (Å²) in [7, 11) is 0. The van der Waals surface area contributed by atoms with Crippen LogP contribution >= 0.6 is 23.4 Å². The van der Waals surface area contributed by atoms with E-state index in [2.05, 4.69) is 5.32 Å². The lowest BCUT2D eigenvalue weighted by Crippen LogP contribution is -2.70. The highest BCUT2D eigenvalue weighted by atomic mass is 35.5. The van der Waals surface area contributed by atoms with E-state index in [9.17, 15) is 19.5 Å². The van der Waals surface area contributed by atoms with E-state index in [1.165, 1.54) is 16.7 Å². The fourth-order valence-corrected chi connectivity index (χ4v) is 3.90. The van der Waals surface area contributed by atoms with Gasteiger partial charge in [-0.2, -0.15) is 0 Å². The van der Waals surface area contributed by atoms with Crippen molar-refractivity contribution in [3.8, 4) is 0 Å². The minimum Gasteiger partial charge on any atom is -0.477 e. The molecule has 22 heavy (non-hydrogen) atoms. The molecular weight excluding hydrogens is 332 g/mol. The molecule has 0 aliphatic carbocycles. The largest absolute Gasteiger partial charge is 0.477 e. The van der Waals surface area contributed by atoms with Gasteiger partial charge >= 0.3 is 12.1 Å². The van der Waals surface area contributed by atoms with Gasteiger partial charge in [0.1, 0.15) is 22.7 Å². The minimum atomic E-state index is -1.19. The maximum Gasteiger partial charge on any atom is 0.408 e. The zero-order valence-corrected chi connectivity index (χ0v) is 14.0. The van der Waals surface area contributed by atoms with Gasteiger partial charge in [0.25, 0.3) is 5.91 Å². The number of amides is 2. The molecule has 1 fully saturated rings. The first-order valence-electron chi connectivity index (χ1n) is 6.61. The molecule has 2 amide bonds. The number of rotatable bonds is 3. The van der Waals surface area contributed by atoms with Crippen LogP contribution in [0.25, 0.3) is 0 Å². The summed E-state index contributed by atoms with van der Waals surface area (Å²) in [6.45, 7) is 5.15. The number of carbonyl (C=O) groups is 3. The smallest absolute Gasteiger partial charge is 0.408 e. The van der Waals surface area contributed by atoms with Crippen molar-refractivity contribution in [3.05, 3.63) is 11.3 Å². The van der Waals surface area contributed by atoms with Crippen molar-refractivity contribution < 1.29 is 24.2 Å². The summed E-state index contributed by atoms with van der Waals surface area (Å²) in [5.74, 6) is -1.20. The van der Waals surface area contributed by atoms with Crippen molar-refractivity contribution >= 4 is 41.3 Å². The van der Waals surface area contributed by atoms with Crippen molar-refractivity contribution in [2.24, 2.45) is 0 Å². The highest BCUT2D eigenvalue weighted by Crippen LogP contribution is 2.40. The fourth-order valence-electron chi connectivity index (χ4n) is 2.22. The van der Waals surface area contributed by atoms with Gasteiger partial charge in [-0.25, -0.2) is 9.59 Å². The molecule has 2 heterocycles. The summed E-state index contributed by atoms with van der Waals surface area (Å²) in [6.07, 6.45) is -0.699. The minimum absolute atomic E-state index is 0.0509. The Hall–Kier alpha value is -1.41. The molecule has 0 bridgehead atoms. The highest BCUT2D eigenvalue weighted by Gasteiger charge is 2.54. The van der Waals surface area contributed by atoms with Crippen LogP contribution in [0.3, 0.4) is 0 Å². The third-order valence-corrected chi connectivity index (χ3v) is 4.75. The van der Waals surface area contributed by atoms with E-state index in [0.29, 0.717) is 11.3 Å². The average Bonchev–Trinajstić information content (AvgIpc) is 2.40. The molecule has 0 aromatic carbocycles. The van der Waals surface area contributed by atoms with Crippen molar-refractivity contribution in [3.63, 3.8) is 0 Å². The number of alkyl halides is 1. The molecule has 0 saturated carbocycles. The number of aliphatic carboxylic acids is 1. The number of hydrogen-bond acceptors (Lipinski definition) is 5. The third-order valence-electron chi connectivity index (χ3n) is 3.08. The third kappa shape index (κ3) is 3.17. The van der Waals surface area contributed by atoms with Crippen LogP contribution in [0.15, 0.2) is 11.3 Å². The van der Waals surface area contributed by atoms with Gasteiger partial charge < -0.3 is 15.2 Å². The number of nitrogens with zero attached hydrogens (tertiary/aromatic N) is 1. The molecule has 0 radical (unpaired) electrons. The van der Waals surface area contributed by atoms with Crippen LogP contribution < -0.4 is 5.32 Å². The lowest BCUT2D eigenvalue weighted by atomic mass is 10.0. The van der Waals surface area contributed by atoms with Gasteiger partial charge in [-0.1, -0.05) is 0 Å². The molecular formula is C13H17ClN2O5S. The second-order valence-corrected chi connectivity index (χ2v) is 7.30. The number of hydrogen-bond donors (Lipinski definition) is 2. The summed E-state index contributed by atoms with van der Waals surface area (Å²) >= 11 is 7.10. The maximum absolute atomic E-state index is 12.2. The molecule has 2 aliphatic heterocycles. The van der Waals surface area contributed by atoms with Crippen LogP contribution in [-0.2, 0) is 14.3 Å². The summed E-state index contributed by atoms with van der Waals surface area (Å²) < 4.78 is 5.11. The van der Waals surface area contributed by atoms with Crippen LogP contribution in [0, 0.1) is 0 Å². The Morgan fingerprint density at radius 2 is 2.14 bits per heavy atom. The van der Waals surface area contributed by atoms with Crippen LogP contribution in [0.2, 0.25) is 0 Å². The van der Waals surface area contributed by atoms with Gasteiger partial charge in [-0.15, -0.1) is 23.4 Å². The molecule has 7 nitrogen and oxygen atoms in total. The molecule has 2 rings (SSSR count). The molecule has 122 valence electrons. The molecule has 2 aliphatic rings. The number of halogens is 1. The molecule has 2 atom stereocenters. The first-order valence-corrected chi connectivity index (χ1v) is 8.19. The van der Waals surface area contributed by atoms with Crippen LogP contribution in [0.5, 0.6) is 0 Å². The molecule has 9 heteroatoms. The van der Waals surface area contributed by atoms with E-state index in [0.717, 1.165) is 0 Å². The van der Waals surface area contributed by atoms with Crippen molar-refractivity contribution in [2.45, 2.75) is 37.8 Å². The number of alkyl carbamates (subject to hydrolysis) is 1. The van der Waals surface area contributed by atoms with Crippen LogP contribution in [0.4, 0.5) is 4.79 Å². The normalized spacial score (nSPS) is 24.5. The van der Waals surface area contributed by atoms with Crippen molar-refractivity contribution in [1.82, 2.24) is 10.2 Å². The summed E-state index contributed by atoms with van der Waals surface area (Å²) in [5, 5.41) is 11.3. The number of nitrogens with one attached hydrogen (secondary N) is 1. The first-order chi connectivity index (χ1) is 10.2. The Morgan fingerprint density at radius 3 is 2.64 bits per heavy atom. The molecule has 2 N–H and O–H groups in total. The topological polar surface area (TPSA) is 95.9 Å². The molecule has 1 unspecified atom stereocenters. The zero-order valence-electron chi connectivity index (χ0n) is 12.4. The number of carboxylic acid groups (broad SMARTS) is 1. The number of carbonyl (C=O) groups excluding carboxylic acids is 2. The number of β-lactam (4-membered cyclic amide) rings is 1. The Balaban J connectivity index is 2.10. The molecule has 0 spiro atoms. The predicted octanol–water partition coefficient (Wildman–Crippen LogP) is 1.37. The van der Waals surface area contributed by atoms with Crippen LogP contribution in [-0.4, -0.2) is 56.6 Å². The zero-order chi connectivity index (χ0) is 16.7. The number of fused-ring (bicyclic) bond motifs is 1. The SMILES string of the molecule is CC(C)(C)OC(=O)NC1C(=O)N2C(C(=O)O)=C(CCl)CS[C@H]12. The number of carboxylic acids is 1. The van der Waals surface area contributed by atoms with Gasteiger partial charge in [-0.05, 0) is 26.3 Å². The van der Waals surface area contributed by atoms with Gasteiger partial charge in [0, 0.05) is 11.6 Å². The molecule has 1 saturated heterocycles. The maximum atomic E-state index is 12.2. The van der Waals surface area contributed by atoms with Crippen LogP contribution in [0.1, 0.15) is 20.8 Å². The monoisotopic (exact) mass is 348 g/mol. The van der Waals surface area contributed by atoms with E-state index >= 15 is 0 Å². The van der Waals surface area contributed by atoms with E-state index < -0.39 is 35.0 Å². The highest BCUT2D eigenvalue weighted by molar-refractivity contribution is 8.00. The second kappa shape index (κ2) is 6.00. The van der Waals surface area contributed by atoms with Gasteiger partial charge in [-0.3, -0.25) is 9.69 Å². The number of ether oxygens (including phenoxy) is 1. The number of thioether (sulfide) groups is 1. The average molecular weight is 349 g/mol. The summed E-state index contributed by atoms with van der Waals surface area (Å²) in [4.78, 5) is 36.5. The van der Waals surface area contributed by atoms with Gasteiger partial charge in [0.2, 0.25) is 0 Å². The van der Waals surface area contributed by atoms with E-state index in [1.807, 2.05) is 0 Å². The standard InChI is InChI=1S/C13H17ClN2O5S/c1-13(2,3)21-12(20)15-7-9(17)16-8(11(18)19)6(4-14)5-22-10(7)16/h7,10H,4-5H2,1-3H3,(H,15,20)(H,18,19)/t7?,10-/m1/s1. The van der Waals surface area contributed by atoms with E-state index in [4.69, 9.17) is 16.3 Å².